The van der Waals surface area contributed by atoms with Crippen LogP contribution in [-0.2, 0) is 10.0 Å². The molecule has 0 saturated carbocycles. The fourth-order valence-electron chi connectivity index (χ4n) is 1.19. The molecule has 96 valence electrons. The van der Waals surface area contributed by atoms with E-state index in [1.807, 2.05) is 0 Å². The summed E-state index contributed by atoms with van der Waals surface area (Å²) >= 11 is 15.0. The second-order valence-corrected chi connectivity index (χ2v) is 6.56. The Morgan fingerprint density at radius 3 is 2.61 bits per heavy atom. The SMILES string of the molecule is O=S(=O)(Nc1ccc(Br)c(Cl)c1Cl)c1cn[nH]c1. The molecule has 0 unspecified atom stereocenters. The number of benzene rings is 1. The van der Waals surface area contributed by atoms with Gasteiger partial charge in [-0.3, -0.25) is 9.82 Å². The highest BCUT2D eigenvalue weighted by atomic mass is 79.9. The maximum absolute atomic E-state index is 11.9. The van der Waals surface area contributed by atoms with E-state index in [1.54, 1.807) is 6.07 Å². The van der Waals surface area contributed by atoms with E-state index in [4.69, 9.17) is 23.2 Å². The van der Waals surface area contributed by atoms with Gasteiger partial charge in [0.1, 0.15) is 4.90 Å². The number of aromatic amines is 1. The van der Waals surface area contributed by atoms with Gasteiger partial charge in [-0.1, -0.05) is 23.2 Å². The van der Waals surface area contributed by atoms with Gasteiger partial charge in [0.05, 0.1) is 21.9 Å². The average molecular weight is 371 g/mol. The Bertz CT molecular complexity index is 673. The lowest BCUT2D eigenvalue weighted by atomic mass is 10.3. The molecule has 0 amide bonds. The molecule has 9 heteroatoms. The number of nitrogens with zero attached hydrogens (tertiary/aromatic N) is 1. The first-order valence-electron chi connectivity index (χ1n) is 4.57. The van der Waals surface area contributed by atoms with Crippen LogP contribution >= 0.6 is 39.1 Å². The largest absolute Gasteiger partial charge is 0.284 e. The lowest BCUT2D eigenvalue weighted by Gasteiger charge is -2.09. The van der Waals surface area contributed by atoms with Crippen molar-refractivity contribution in [1.82, 2.24) is 10.2 Å². The van der Waals surface area contributed by atoms with Crippen molar-refractivity contribution in [2.24, 2.45) is 0 Å². The van der Waals surface area contributed by atoms with Crippen LogP contribution in [0.15, 0.2) is 33.9 Å². The van der Waals surface area contributed by atoms with E-state index < -0.39 is 10.0 Å². The van der Waals surface area contributed by atoms with Crippen LogP contribution in [0.4, 0.5) is 5.69 Å². The summed E-state index contributed by atoms with van der Waals surface area (Å²) in [6.45, 7) is 0. The van der Waals surface area contributed by atoms with Gasteiger partial charge >= 0.3 is 0 Å². The molecule has 0 fully saturated rings. The Morgan fingerprint density at radius 2 is 2.00 bits per heavy atom. The second kappa shape index (κ2) is 5.08. The quantitative estimate of drug-likeness (QED) is 0.814. The molecule has 1 heterocycles. The molecule has 18 heavy (non-hydrogen) atoms. The molecular formula is C9H6BrCl2N3O2S. The van der Waals surface area contributed by atoms with Crippen LogP contribution in [0.3, 0.4) is 0 Å². The van der Waals surface area contributed by atoms with Gasteiger partial charge in [0.25, 0.3) is 10.0 Å². The first-order valence-corrected chi connectivity index (χ1v) is 7.60. The summed E-state index contributed by atoms with van der Waals surface area (Å²) in [6, 6.07) is 3.11. The van der Waals surface area contributed by atoms with Crippen molar-refractivity contribution in [2.75, 3.05) is 4.72 Å². The zero-order valence-electron chi connectivity index (χ0n) is 8.62. The van der Waals surface area contributed by atoms with Crippen molar-refractivity contribution < 1.29 is 8.42 Å². The van der Waals surface area contributed by atoms with E-state index >= 15 is 0 Å². The monoisotopic (exact) mass is 369 g/mol. The Morgan fingerprint density at radius 1 is 1.28 bits per heavy atom. The van der Waals surface area contributed by atoms with E-state index in [9.17, 15) is 8.42 Å². The third kappa shape index (κ3) is 2.64. The first kappa shape index (κ1) is 13.7. The number of anilines is 1. The van der Waals surface area contributed by atoms with Crippen molar-refractivity contribution in [3.8, 4) is 0 Å². The number of nitrogens with one attached hydrogen (secondary N) is 2. The van der Waals surface area contributed by atoms with Gasteiger partial charge in [0.15, 0.2) is 0 Å². The van der Waals surface area contributed by atoms with Crippen LogP contribution < -0.4 is 4.72 Å². The van der Waals surface area contributed by atoms with Crippen LogP contribution in [0.2, 0.25) is 10.0 Å². The normalized spacial score (nSPS) is 11.5. The molecule has 1 aromatic heterocycles. The Balaban J connectivity index is 2.39. The Labute approximate surface area is 122 Å². The molecule has 2 aromatic rings. The number of halogens is 3. The molecule has 0 atom stereocenters. The molecule has 0 saturated heterocycles. The summed E-state index contributed by atoms with van der Waals surface area (Å²) in [6.07, 6.45) is 2.45. The average Bonchev–Trinajstić information content (AvgIpc) is 2.84. The van der Waals surface area contributed by atoms with Gasteiger partial charge < -0.3 is 0 Å². The highest BCUT2D eigenvalue weighted by molar-refractivity contribution is 9.10. The molecule has 1 aromatic carbocycles. The predicted molar refractivity (Wildman–Crippen MR) is 73.6 cm³/mol. The van der Waals surface area contributed by atoms with Gasteiger partial charge in [-0.05, 0) is 28.1 Å². The molecule has 0 aliphatic heterocycles. The van der Waals surface area contributed by atoms with Crippen LogP contribution in [-0.4, -0.2) is 18.6 Å². The number of hydrogen-bond donors (Lipinski definition) is 2. The Kier molecular flexibility index (Phi) is 3.86. The third-order valence-corrected chi connectivity index (χ3v) is 5.17. The number of H-pyrrole nitrogens is 1. The van der Waals surface area contributed by atoms with Gasteiger partial charge in [0.2, 0.25) is 0 Å². The lowest BCUT2D eigenvalue weighted by Crippen LogP contribution is -2.12. The standard InChI is InChI=1S/C9H6BrCl2N3O2S/c10-6-1-2-7(9(12)8(6)11)15-18(16,17)5-3-13-14-4-5/h1-4,15H,(H,13,14). The van der Waals surface area contributed by atoms with Crippen molar-refractivity contribution in [2.45, 2.75) is 4.90 Å². The van der Waals surface area contributed by atoms with E-state index in [-0.39, 0.29) is 20.6 Å². The molecular weight excluding hydrogens is 365 g/mol. The fraction of sp³-hybridized carbons (Fsp3) is 0. The van der Waals surface area contributed by atoms with E-state index in [1.165, 1.54) is 18.5 Å². The van der Waals surface area contributed by atoms with Crippen molar-refractivity contribution in [3.63, 3.8) is 0 Å². The predicted octanol–water partition coefficient (Wildman–Crippen LogP) is 3.28. The topological polar surface area (TPSA) is 74.8 Å². The molecule has 0 aliphatic carbocycles. The van der Waals surface area contributed by atoms with Gasteiger partial charge in [-0.2, -0.15) is 5.10 Å². The zero-order valence-corrected chi connectivity index (χ0v) is 12.5. The number of aromatic nitrogens is 2. The van der Waals surface area contributed by atoms with Crippen LogP contribution in [0.1, 0.15) is 0 Å². The van der Waals surface area contributed by atoms with Crippen LogP contribution in [0.5, 0.6) is 0 Å². The zero-order chi connectivity index (χ0) is 13.3. The van der Waals surface area contributed by atoms with E-state index in [0.717, 1.165) is 0 Å². The smallest absolute Gasteiger partial charge is 0.265 e. The van der Waals surface area contributed by atoms with Crippen molar-refractivity contribution in [3.05, 3.63) is 39.0 Å². The molecule has 0 radical (unpaired) electrons. The summed E-state index contributed by atoms with van der Waals surface area (Å²) in [4.78, 5) is 0.0117. The van der Waals surface area contributed by atoms with Gasteiger partial charge in [-0.25, -0.2) is 8.42 Å². The maximum Gasteiger partial charge on any atom is 0.265 e. The minimum Gasteiger partial charge on any atom is -0.284 e. The molecule has 2 rings (SSSR count). The van der Waals surface area contributed by atoms with Gasteiger partial charge in [0, 0.05) is 10.7 Å². The third-order valence-electron chi connectivity index (χ3n) is 2.06. The second-order valence-electron chi connectivity index (χ2n) is 3.26. The van der Waals surface area contributed by atoms with Crippen molar-refractivity contribution in [1.29, 1.82) is 0 Å². The minimum atomic E-state index is -3.72. The molecule has 5 nitrogen and oxygen atoms in total. The summed E-state index contributed by atoms with van der Waals surface area (Å²) in [5, 5.41) is 6.36. The van der Waals surface area contributed by atoms with E-state index in [0.29, 0.717) is 4.47 Å². The summed E-state index contributed by atoms with van der Waals surface area (Å²) in [5.41, 5.74) is 0.200. The molecule has 0 bridgehead atoms. The minimum absolute atomic E-state index is 0.0117. The van der Waals surface area contributed by atoms with Gasteiger partial charge in [-0.15, -0.1) is 0 Å². The maximum atomic E-state index is 11.9. The number of sulfonamides is 1. The summed E-state index contributed by atoms with van der Waals surface area (Å²) in [5.74, 6) is 0. The summed E-state index contributed by atoms with van der Waals surface area (Å²) in [7, 11) is -3.72. The number of hydrogen-bond acceptors (Lipinski definition) is 3. The summed E-state index contributed by atoms with van der Waals surface area (Å²) < 4.78 is 26.8. The number of rotatable bonds is 3. The van der Waals surface area contributed by atoms with Crippen LogP contribution in [0, 0.1) is 0 Å². The fourth-order valence-corrected chi connectivity index (χ4v) is 3.05. The van der Waals surface area contributed by atoms with E-state index in [2.05, 4.69) is 30.8 Å². The molecule has 0 aliphatic rings. The first-order chi connectivity index (χ1) is 8.42. The molecule has 2 N–H and O–H groups in total. The molecule has 0 spiro atoms. The highest BCUT2D eigenvalue weighted by Gasteiger charge is 2.18. The van der Waals surface area contributed by atoms with Crippen molar-refractivity contribution >= 4 is 54.8 Å². The highest BCUT2D eigenvalue weighted by Crippen LogP contribution is 2.36. The lowest BCUT2D eigenvalue weighted by molar-refractivity contribution is 0.601. The Hall–Kier alpha value is -0.760. The van der Waals surface area contributed by atoms with Crippen LogP contribution in [0.25, 0.3) is 0 Å².